The lowest BCUT2D eigenvalue weighted by Crippen LogP contribution is -1.93. The molecule has 1 rings (SSSR count). The summed E-state index contributed by atoms with van der Waals surface area (Å²) in [5.41, 5.74) is 0.303. The molecule has 0 aliphatic rings. The highest BCUT2D eigenvalue weighted by Crippen LogP contribution is 2.28. The van der Waals surface area contributed by atoms with E-state index < -0.39 is 5.82 Å². The Hall–Kier alpha value is -0.410. The molecule has 0 radical (unpaired) electrons. The molecule has 0 fully saturated rings. The molecule has 0 saturated carbocycles. The number of carbonyl (C=O) groups is 1. The monoisotopic (exact) mass is 250 g/mol. The molecule has 0 saturated heterocycles. The van der Waals surface area contributed by atoms with Crippen molar-refractivity contribution in [3.63, 3.8) is 0 Å². The van der Waals surface area contributed by atoms with Gasteiger partial charge in [0.05, 0.1) is 5.02 Å². The van der Waals surface area contributed by atoms with E-state index in [1.165, 1.54) is 12.1 Å². The topological polar surface area (TPSA) is 17.1 Å². The molecule has 0 bridgehead atoms. The fraction of sp³-hybridized carbons (Fsp3) is 0.125. The van der Waals surface area contributed by atoms with Gasteiger partial charge < -0.3 is 4.79 Å². The van der Waals surface area contributed by atoms with E-state index in [4.69, 9.17) is 11.6 Å². The van der Waals surface area contributed by atoms with E-state index in [0.29, 0.717) is 21.3 Å². The van der Waals surface area contributed by atoms with Gasteiger partial charge in [0.1, 0.15) is 12.1 Å². The molecule has 1 aromatic rings. The Labute approximate surface area is 82.7 Å². The number of carbonyl (C=O) groups excluding carboxylic acids is 1. The molecule has 0 unspecified atom stereocenters. The first-order valence-electron chi connectivity index (χ1n) is 3.23. The lowest BCUT2D eigenvalue weighted by atomic mass is 10.1. The standard InChI is InChI=1S/C8H5BrClFO/c9-8-5(3-4-12)7(11)2-1-6(8)10/h1-2,4H,3H2. The maximum atomic E-state index is 13.0. The lowest BCUT2D eigenvalue weighted by Gasteiger charge is -2.03. The van der Waals surface area contributed by atoms with Crippen molar-refractivity contribution in [2.45, 2.75) is 6.42 Å². The Kier molecular flexibility index (Phi) is 3.23. The van der Waals surface area contributed by atoms with E-state index in [2.05, 4.69) is 15.9 Å². The quantitative estimate of drug-likeness (QED) is 0.583. The van der Waals surface area contributed by atoms with E-state index in [-0.39, 0.29) is 6.42 Å². The molecule has 0 aliphatic heterocycles. The van der Waals surface area contributed by atoms with E-state index in [9.17, 15) is 9.18 Å². The van der Waals surface area contributed by atoms with Crippen LogP contribution in [0.15, 0.2) is 16.6 Å². The van der Waals surface area contributed by atoms with Crippen molar-refractivity contribution < 1.29 is 9.18 Å². The maximum absolute atomic E-state index is 13.0. The molecule has 0 aliphatic carbocycles. The molecule has 0 atom stereocenters. The first-order valence-corrected chi connectivity index (χ1v) is 4.40. The third-order valence-electron chi connectivity index (χ3n) is 1.43. The fourth-order valence-electron chi connectivity index (χ4n) is 0.840. The first kappa shape index (κ1) is 9.68. The number of rotatable bonds is 2. The molecule has 4 heteroatoms. The molecule has 0 aromatic heterocycles. The molecule has 0 amide bonds. The van der Waals surface area contributed by atoms with Gasteiger partial charge in [0.15, 0.2) is 0 Å². The Balaban J connectivity index is 3.22. The van der Waals surface area contributed by atoms with Gasteiger partial charge >= 0.3 is 0 Å². The van der Waals surface area contributed by atoms with E-state index in [0.717, 1.165) is 0 Å². The van der Waals surface area contributed by atoms with Gasteiger partial charge in [-0.2, -0.15) is 0 Å². The van der Waals surface area contributed by atoms with Crippen LogP contribution in [0.25, 0.3) is 0 Å². The summed E-state index contributed by atoms with van der Waals surface area (Å²) in [5, 5.41) is 0.410. The summed E-state index contributed by atoms with van der Waals surface area (Å²) in [6.07, 6.45) is 0.673. The second kappa shape index (κ2) is 4.01. The van der Waals surface area contributed by atoms with E-state index >= 15 is 0 Å². The van der Waals surface area contributed by atoms with Crippen LogP contribution in [0, 0.1) is 5.82 Å². The van der Waals surface area contributed by atoms with Crippen molar-refractivity contribution in [2.75, 3.05) is 0 Å². The average molecular weight is 251 g/mol. The van der Waals surface area contributed by atoms with Gasteiger partial charge in [-0.1, -0.05) is 11.6 Å². The highest BCUT2D eigenvalue weighted by atomic mass is 79.9. The fourth-order valence-corrected chi connectivity index (χ4v) is 1.50. The van der Waals surface area contributed by atoms with Crippen LogP contribution in [-0.4, -0.2) is 6.29 Å². The van der Waals surface area contributed by atoms with Gasteiger partial charge in [-0.25, -0.2) is 4.39 Å². The SMILES string of the molecule is O=CCc1c(F)ccc(Cl)c1Br. The number of hydrogen-bond donors (Lipinski definition) is 0. The van der Waals surface area contributed by atoms with Crippen LogP contribution in [0.4, 0.5) is 4.39 Å². The van der Waals surface area contributed by atoms with Crippen molar-refractivity contribution in [3.8, 4) is 0 Å². The van der Waals surface area contributed by atoms with Gasteiger partial charge in [-0.15, -0.1) is 0 Å². The predicted molar refractivity (Wildman–Crippen MR) is 48.9 cm³/mol. The molecule has 0 heterocycles. The van der Waals surface area contributed by atoms with Crippen molar-refractivity contribution in [1.82, 2.24) is 0 Å². The van der Waals surface area contributed by atoms with Crippen LogP contribution >= 0.6 is 27.5 Å². The van der Waals surface area contributed by atoms with Crippen LogP contribution < -0.4 is 0 Å². The highest BCUT2D eigenvalue weighted by Gasteiger charge is 2.08. The Morgan fingerprint density at radius 2 is 2.25 bits per heavy atom. The average Bonchev–Trinajstić information content (AvgIpc) is 2.06. The molecular weight excluding hydrogens is 246 g/mol. The lowest BCUT2D eigenvalue weighted by molar-refractivity contribution is -0.107. The maximum Gasteiger partial charge on any atom is 0.128 e. The minimum absolute atomic E-state index is 0.0347. The summed E-state index contributed by atoms with van der Waals surface area (Å²) >= 11 is 8.79. The minimum Gasteiger partial charge on any atom is -0.303 e. The molecule has 12 heavy (non-hydrogen) atoms. The zero-order chi connectivity index (χ0) is 9.14. The number of halogens is 3. The summed E-state index contributed by atoms with van der Waals surface area (Å²) in [7, 11) is 0. The summed E-state index contributed by atoms with van der Waals surface area (Å²) in [6, 6.07) is 2.68. The molecular formula is C8H5BrClFO. The van der Waals surface area contributed by atoms with Crippen LogP contribution in [0.5, 0.6) is 0 Å². The predicted octanol–water partition coefficient (Wildman–Crippen LogP) is 2.98. The van der Waals surface area contributed by atoms with Gasteiger partial charge in [0, 0.05) is 16.5 Å². The van der Waals surface area contributed by atoms with Crippen molar-refractivity contribution in [3.05, 3.63) is 33.0 Å². The van der Waals surface area contributed by atoms with Gasteiger partial charge in [-0.05, 0) is 28.1 Å². The number of benzene rings is 1. The zero-order valence-corrected chi connectivity index (χ0v) is 8.32. The Bertz CT molecular complexity index is 314. The molecule has 64 valence electrons. The minimum atomic E-state index is -0.418. The van der Waals surface area contributed by atoms with Crippen molar-refractivity contribution in [2.24, 2.45) is 0 Å². The Morgan fingerprint density at radius 3 is 2.83 bits per heavy atom. The van der Waals surface area contributed by atoms with Crippen LogP contribution in [-0.2, 0) is 11.2 Å². The normalized spacial score (nSPS) is 9.92. The van der Waals surface area contributed by atoms with Crippen molar-refractivity contribution in [1.29, 1.82) is 0 Å². The van der Waals surface area contributed by atoms with Crippen LogP contribution in [0.2, 0.25) is 5.02 Å². The highest BCUT2D eigenvalue weighted by molar-refractivity contribution is 9.10. The van der Waals surface area contributed by atoms with Crippen LogP contribution in [0.3, 0.4) is 0 Å². The summed E-state index contributed by atoms with van der Waals surface area (Å²) in [4.78, 5) is 10.2. The summed E-state index contributed by atoms with van der Waals surface area (Å²) < 4.78 is 13.4. The number of aldehydes is 1. The third-order valence-corrected chi connectivity index (χ3v) is 2.88. The molecule has 0 N–H and O–H groups in total. The second-order valence-corrected chi connectivity index (χ2v) is 3.39. The van der Waals surface area contributed by atoms with Crippen molar-refractivity contribution >= 4 is 33.8 Å². The Morgan fingerprint density at radius 1 is 1.58 bits per heavy atom. The summed E-state index contributed by atoms with van der Waals surface area (Å²) in [5.74, 6) is -0.418. The number of hydrogen-bond acceptors (Lipinski definition) is 1. The van der Waals surface area contributed by atoms with E-state index in [1.54, 1.807) is 0 Å². The molecule has 1 nitrogen and oxygen atoms in total. The molecule has 0 spiro atoms. The first-order chi connectivity index (χ1) is 5.66. The van der Waals surface area contributed by atoms with Gasteiger partial charge in [0.2, 0.25) is 0 Å². The van der Waals surface area contributed by atoms with E-state index in [1.807, 2.05) is 0 Å². The largest absolute Gasteiger partial charge is 0.303 e. The molecule has 1 aromatic carbocycles. The van der Waals surface area contributed by atoms with Crippen LogP contribution in [0.1, 0.15) is 5.56 Å². The summed E-state index contributed by atoms with van der Waals surface area (Å²) in [6.45, 7) is 0. The van der Waals surface area contributed by atoms with Gasteiger partial charge in [0.25, 0.3) is 0 Å². The van der Waals surface area contributed by atoms with Gasteiger partial charge in [-0.3, -0.25) is 0 Å². The zero-order valence-electron chi connectivity index (χ0n) is 5.98. The smallest absolute Gasteiger partial charge is 0.128 e. The third kappa shape index (κ3) is 1.84. The second-order valence-electron chi connectivity index (χ2n) is 2.19.